The van der Waals surface area contributed by atoms with Gasteiger partial charge in [0, 0.05) is 0 Å². The molecule has 0 N–H and O–H groups in total. The summed E-state index contributed by atoms with van der Waals surface area (Å²) in [5.74, 6) is -0.250. The topological polar surface area (TPSA) is 29.4 Å². The summed E-state index contributed by atoms with van der Waals surface area (Å²) in [7, 11) is 0. The van der Waals surface area contributed by atoms with E-state index in [1.54, 1.807) is 13.8 Å². The number of nitrogens with zero attached hydrogens (tertiary/aromatic N) is 1. The third kappa shape index (κ3) is 1.57. The van der Waals surface area contributed by atoms with Gasteiger partial charge in [0.2, 0.25) is 6.08 Å². The van der Waals surface area contributed by atoms with E-state index in [0.717, 1.165) is 0 Å². The number of isocyanates is 1. The van der Waals surface area contributed by atoms with Crippen molar-refractivity contribution < 1.29 is 9.18 Å². The Labute approximate surface area is 69.7 Å². The van der Waals surface area contributed by atoms with E-state index in [1.165, 1.54) is 18.2 Å². The maximum atomic E-state index is 13.0. The summed E-state index contributed by atoms with van der Waals surface area (Å²) >= 11 is 0. The minimum Gasteiger partial charge on any atom is -0.211 e. The predicted octanol–water partition coefficient (Wildman–Crippen LogP) is 2.41. The van der Waals surface area contributed by atoms with Gasteiger partial charge in [0.05, 0.1) is 5.69 Å². The summed E-state index contributed by atoms with van der Waals surface area (Å²) in [5, 5.41) is 0. The first-order chi connectivity index (χ1) is 5.65. The van der Waals surface area contributed by atoms with Gasteiger partial charge >= 0.3 is 0 Å². The van der Waals surface area contributed by atoms with E-state index in [-0.39, 0.29) is 5.82 Å². The molecule has 1 rings (SSSR count). The molecule has 3 heteroatoms. The molecule has 0 spiro atoms. The highest BCUT2D eigenvalue weighted by Gasteiger charge is 2.02. The predicted molar refractivity (Wildman–Crippen MR) is 43.7 cm³/mol. The highest BCUT2D eigenvalue weighted by atomic mass is 19.1. The zero-order valence-corrected chi connectivity index (χ0v) is 6.89. The van der Waals surface area contributed by atoms with Crippen LogP contribution in [0.25, 0.3) is 0 Å². The normalized spacial score (nSPS) is 9.25. The lowest BCUT2D eigenvalue weighted by Gasteiger charge is -2.00. The molecular formula is C9H8FNO. The summed E-state index contributed by atoms with van der Waals surface area (Å²) in [6.45, 7) is 3.26. The van der Waals surface area contributed by atoms with Gasteiger partial charge in [-0.3, -0.25) is 0 Å². The molecule has 12 heavy (non-hydrogen) atoms. The maximum absolute atomic E-state index is 13.0. The van der Waals surface area contributed by atoms with Gasteiger partial charge in [-0.1, -0.05) is 0 Å². The SMILES string of the molecule is Cc1cc(N=C=O)cc(C)c1F. The minimum atomic E-state index is -0.250. The number of aryl methyl sites for hydroxylation is 2. The highest BCUT2D eigenvalue weighted by Crippen LogP contribution is 2.19. The van der Waals surface area contributed by atoms with Crippen molar-refractivity contribution in [2.75, 3.05) is 0 Å². The number of benzene rings is 1. The summed E-state index contributed by atoms with van der Waals surface area (Å²) < 4.78 is 13.0. The molecule has 0 radical (unpaired) electrons. The van der Waals surface area contributed by atoms with E-state index >= 15 is 0 Å². The van der Waals surface area contributed by atoms with Crippen LogP contribution in [0.15, 0.2) is 17.1 Å². The first kappa shape index (κ1) is 8.62. The van der Waals surface area contributed by atoms with Gasteiger partial charge in [-0.05, 0) is 37.1 Å². The lowest BCUT2D eigenvalue weighted by molar-refractivity contribution is 0.565. The fraction of sp³-hybridized carbons (Fsp3) is 0.222. The second-order valence-electron chi connectivity index (χ2n) is 2.60. The van der Waals surface area contributed by atoms with Crippen molar-refractivity contribution in [1.82, 2.24) is 0 Å². The summed E-state index contributed by atoms with van der Waals surface area (Å²) in [4.78, 5) is 13.3. The summed E-state index contributed by atoms with van der Waals surface area (Å²) in [6, 6.07) is 3.01. The van der Waals surface area contributed by atoms with E-state index in [2.05, 4.69) is 4.99 Å². The van der Waals surface area contributed by atoms with Gasteiger partial charge < -0.3 is 0 Å². The molecule has 1 aromatic carbocycles. The van der Waals surface area contributed by atoms with Crippen molar-refractivity contribution in [2.45, 2.75) is 13.8 Å². The average Bonchev–Trinajstić information content (AvgIpc) is 2.01. The Morgan fingerprint density at radius 3 is 2.25 bits per heavy atom. The number of hydrogen-bond acceptors (Lipinski definition) is 2. The molecule has 0 amide bonds. The molecule has 62 valence electrons. The molecule has 0 fully saturated rings. The van der Waals surface area contributed by atoms with Gasteiger partial charge in [-0.15, -0.1) is 0 Å². The van der Waals surface area contributed by atoms with Crippen molar-refractivity contribution in [3.63, 3.8) is 0 Å². The van der Waals surface area contributed by atoms with E-state index < -0.39 is 0 Å². The van der Waals surface area contributed by atoms with Crippen molar-refractivity contribution in [3.05, 3.63) is 29.1 Å². The largest absolute Gasteiger partial charge is 0.240 e. The van der Waals surface area contributed by atoms with Crippen LogP contribution in [-0.2, 0) is 4.79 Å². The third-order valence-corrected chi connectivity index (χ3v) is 1.60. The Bertz CT molecular complexity index is 331. The van der Waals surface area contributed by atoms with Crippen molar-refractivity contribution in [1.29, 1.82) is 0 Å². The maximum Gasteiger partial charge on any atom is 0.240 e. The van der Waals surface area contributed by atoms with Crippen LogP contribution in [0.2, 0.25) is 0 Å². The monoisotopic (exact) mass is 165 g/mol. The van der Waals surface area contributed by atoms with Crippen LogP contribution >= 0.6 is 0 Å². The van der Waals surface area contributed by atoms with E-state index in [1.807, 2.05) is 0 Å². The standard InChI is InChI=1S/C9H8FNO/c1-6-3-8(11-5-12)4-7(2)9(6)10/h3-4H,1-2H3. The fourth-order valence-corrected chi connectivity index (χ4v) is 1.04. The summed E-state index contributed by atoms with van der Waals surface area (Å²) in [5.41, 5.74) is 1.43. The zero-order chi connectivity index (χ0) is 9.14. The molecule has 0 saturated heterocycles. The quantitative estimate of drug-likeness (QED) is 0.464. The smallest absolute Gasteiger partial charge is 0.211 e. The summed E-state index contributed by atoms with van der Waals surface area (Å²) in [6.07, 6.45) is 1.41. The molecule has 0 aromatic heterocycles. The average molecular weight is 165 g/mol. The number of aliphatic imine (C=N–C) groups is 1. The van der Waals surface area contributed by atoms with E-state index in [0.29, 0.717) is 16.8 Å². The molecule has 1 aromatic rings. The minimum absolute atomic E-state index is 0.250. The van der Waals surface area contributed by atoms with Crippen LogP contribution < -0.4 is 0 Å². The number of halogens is 1. The first-order valence-electron chi connectivity index (χ1n) is 3.50. The second kappa shape index (κ2) is 3.28. The first-order valence-corrected chi connectivity index (χ1v) is 3.50. The number of carbonyl (C=O) groups excluding carboxylic acids is 1. The van der Waals surface area contributed by atoms with E-state index in [9.17, 15) is 9.18 Å². The Morgan fingerprint density at radius 1 is 1.33 bits per heavy atom. The fourth-order valence-electron chi connectivity index (χ4n) is 1.04. The van der Waals surface area contributed by atoms with Crippen LogP contribution in [-0.4, -0.2) is 6.08 Å². The van der Waals surface area contributed by atoms with Crippen LogP contribution in [0, 0.1) is 19.7 Å². The van der Waals surface area contributed by atoms with Gasteiger partial charge in [-0.25, -0.2) is 9.18 Å². The Balaban J connectivity index is 3.30. The molecule has 0 aliphatic heterocycles. The van der Waals surface area contributed by atoms with Crippen LogP contribution in [0.1, 0.15) is 11.1 Å². The van der Waals surface area contributed by atoms with Crippen LogP contribution in [0.5, 0.6) is 0 Å². The van der Waals surface area contributed by atoms with Crippen molar-refractivity contribution in [2.24, 2.45) is 4.99 Å². The Hall–Kier alpha value is -1.47. The molecule has 0 aliphatic carbocycles. The third-order valence-electron chi connectivity index (χ3n) is 1.60. The highest BCUT2D eigenvalue weighted by molar-refractivity contribution is 5.51. The Kier molecular flexibility index (Phi) is 2.36. The van der Waals surface area contributed by atoms with Crippen LogP contribution in [0.3, 0.4) is 0 Å². The second-order valence-corrected chi connectivity index (χ2v) is 2.60. The zero-order valence-electron chi connectivity index (χ0n) is 6.89. The number of hydrogen-bond donors (Lipinski definition) is 0. The van der Waals surface area contributed by atoms with Crippen LogP contribution in [0.4, 0.5) is 10.1 Å². The molecular weight excluding hydrogens is 157 g/mol. The van der Waals surface area contributed by atoms with Gasteiger partial charge in [0.25, 0.3) is 0 Å². The van der Waals surface area contributed by atoms with Gasteiger partial charge in [-0.2, -0.15) is 4.99 Å². The number of rotatable bonds is 1. The lowest BCUT2D eigenvalue weighted by Crippen LogP contribution is -1.86. The molecule has 0 bridgehead atoms. The molecule has 0 atom stereocenters. The van der Waals surface area contributed by atoms with Gasteiger partial charge in [0.15, 0.2) is 0 Å². The molecule has 0 saturated carbocycles. The van der Waals surface area contributed by atoms with Crippen molar-refractivity contribution >= 4 is 11.8 Å². The Morgan fingerprint density at radius 2 is 1.83 bits per heavy atom. The molecule has 0 unspecified atom stereocenters. The van der Waals surface area contributed by atoms with Crippen molar-refractivity contribution in [3.8, 4) is 0 Å². The van der Waals surface area contributed by atoms with Gasteiger partial charge in [0.1, 0.15) is 5.82 Å². The van der Waals surface area contributed by atoms with E-state index in [4.69, 9.17) is 0 Å². The molecule has 2 nitrogen and oxygen atoms in total. The lowest BCUT2D eigenvalue weighted by atomic mass is 10.1. The molecule has 0 heterocycles. The molecule has 0 aliphatic rings.